The van der Waals surface area contributed by atoms with Crippen LogP contribution in [0.15, 0.2) is 75.9 Å². The Hall–Kier alpha value is -4.99. The fraction of sp³-hybridized carbons (Fsp3) is 0.207. The number of nitrogens with zero attached hydrogens (tertiary/aromatic N) is 3. The van der Waals surface area contributed by atoms with Crippen LogP contribution < -0.4 is 5.32 Å². The predicted molar refractivity (Wildman–Crippen MR) is 141 cm³/mol. The van der Waals surface area contributed by atoms with Crippen LogP contribution in [0.5, 0.6) is 0 Å². The van der Waals surface area contributed by atoms with E-state index in [0.29, 0.717) is 40.8 Å². The highest BCUT2D eigenvalue weighted by Crippen LogP contribution is 2.49. The van der Waals surface area contributed by atoms with Gasteiger partial charge in [0.05, 0.1) is 11.0 Å². The summed E-state index contributed by atoms with van der Waals surface area (Å²) in [5, 5.41) is 24.6. The van der Waals surface area contributed by atoms with Gasteiger partial charge in [0, 0.05) is 5.56 Å². The maximum atomic E-state index is 12.7. The van der Waals surface area contributed by atoms with Crippen molar-refractivity contribution >= 4 is 28.8 Å². The van der Waals surface area contributed by atoms with Crippen LogP contribution in [-0.4, -0.2) is 32.6 Å². The molecule has 1 amide bonds. The summed E-state index contributed by atoms with van der Waals surface area (Å²) in [7, 11) is 0. The third kappa shape index (κ3) is 4.29. The Morgan fingerprint density at radius 2 is 1.62 bits per heavy atom. The molecular weight excluding hydrogens is 500 g/mol. The van der Waals surface area contributed by atoms with Crippen LogP contribution >= 0.6 is 0 Å². The molecule has 10 heteroatoms. The number of fused-ring (bicyclic) bond motifs is 1. The summed E-state index contributed by atoms with van der Waals surface area (Å²) in [4.78, 5) is 24.4. The number of aliphatic carboxylic acids is 1. The van der Waals surface area contributed by atoms with E-state index in [1.807, 2.05) is 60.7 Å². The van der Waals surface area contributed by atoms with Gasteiger partial charge in [-0.3, -0.25) is 10.1 Å². The summed E-state index contributed by atoms with van der Waals surface area (Å²) in [6, 6.07) is 20.5. The van der Waals surface area contributed by atoms with E-state index in [-0.39, 0.29) is 5.76 Å². The monoisotopic (exact) mass is 524 g/mol. The number of carboxylic acid groups (broad SMARTS) is 1. The number of carbonyl (C=O) groups is 2. The lowest BCUT2D eigenvalue weighted by atomic mass is 9.93. The first kappa shape index (κ1) is 24.4. The smallest absolute Gasteiger partial charge is 0.412 e. The minimum absolute atomic E-state index is 0.288. The molecule has 1 unspecified atom stereocenters. The molecule has 5 aromatic rings. The number of carboxylic acids is 1. The second-order valence-electron chi connectivity index (χ2n) is 9.64. The molecule has 1 atom stereocenters. The lowest BCUT2D eigenvalue weighted by molar-refractivity contribution is -0.140. The van der Waals surface area contributed by atoms with Crippen molar-refractivity contribution < 1.29 is 28.6 Å². The minimum Gasteiger partial charge on any atom is -0.481 e. The zero-order valence-corrected chi connectivity index (χ0v) is 21.2. The van der Waals surface area contributed by atoms with Gasteiger partial charge in [0.1, 0.15) is 28.5 Å². The molecule has 1 aliphatic rings. The summed E-state index contributed by atoms with van der Waals surface area (Å²) in [6.45, 7) is 3.50. The standard InChI is InChI=1S/C29H24N4O6/c1-16-23(30-28(36)37-17(2)18-6-4-3-5-7-18)26(38-31-16)22-13-12-21(24-25(22)33-39-32-24)19-8-10-20(11-9-19)29(14-15-29)27(34)35/h3-13,17H,14-15H2,1-2H3,(H,30,36)(H,34,35). The zero-order chi connectivity index (χ0) is 27.1. The number of hydrogen-bond acceptors (Lipinski definition) is 8. The number of carbonyl (C=O) groups excluding carboxylic acids is 1. The molecule has 0 bridgehead atoms. The van der Waals surface area contributed by atoms with Crippen molar-refractivity contribution in [2.45, 2.75) is 38.2 Å². The van der Waals surface area contributed by atoms with Crippen LogP contribution in [0.4, 0.5) is 10.5 Å². The third-order valence-electron chi connectivity index (χ3n) is 7.21. The maximum Gasteiger partial charge on any atom is 0.412 e. The lowest BCUT2D eigenvalue weighted by Gasteiger charge is -2.14. The number of benzene rings is 3. The Kier molecular flexibility index (Phi) is 5.86. The van der Waals surface area contributed by atoms with Crippen LogP contribution in [0, 0.1) is 6.92 Å². The average molecular weight is 525 g/mol. The molecule has 1 aliphatic carbocycles. The average Bonchev–Trinajstić information content (AvgIpc) is 3.49. The van der Waals surface area contributed by atoms with Gasteiger partial charge in [-0.05, 0) is 59.8 Å². The molecule has 6 rings (SSSR count). The lowest BCUT2D eigenvalue weighted by Crippen LogP contribution is -2.19. The molecule has 39 heavy (non-hydrogen) atoms. The molecule has 0 saturated heterocycles. The molecular formula is C29H24N4O6. The van der Waals surface area contributed by atoms with Gasteiger partial charge in [-0.25, -0.2) is 9.42 Å². The Morgan fingerprint density at radius 1 is 0.949 bits per heavy atom. The van der Waals surface area contributed by atoms with Crippen LogP contribution in [0.3, 0.4) is 0 Å². The highest BCUT2D eigenvalue weighted by atomic mass is 16.6. The van der Waals surface area contributed by atoms with Crippen molar-refractivity contribution in [3.63, 3.8) is 0 Å². The first-order chi connectivity index (χ1) is 18.9. The van der Waals surface area contributed by atoms with Crippen molar-refractivity contribution in [2.75, 3.05) is 5.32 Å². The van der Waals surface area contributed by atoms with Crippen LogP contribution in [0.2, 0.25) is 0 Å². The van der Waals surface area contributed by atoms with E-state index >= 15 is 0 Å². The van der Waals surface area contributed by atoms with Gasteiger partial charge in [0.15, 0.2) is 5.76 Å². The molecule has 3 aromatic carbocycles. The number of hydrogen-bond donors (Lipinski definition) is 2. The van der Waals surface area contributed by atoms with Gasteiger partial charge in [-0.1, -0.05) is 65.8 Å². The fourth-order valence-electron chi connectivity index (χ4n) is 4.79. The quantitative estimate of drug-likeness (QED) is 0.252. The number of rotatable bonds is 7. The summed E-state index contributed by atoms with van der Waals surface area (Å²) in [6.07, 6.45) is 0.163. The summed E-state index contributed by atoms with van der Waals surface area (Å²) in [5.74, 6) is -0.510. The van der Waals surface area contributed by atoms with Gasteiger partial charge in [0.2, 0.25) is 0 Å². The van der Waals surface area contributed by atoms with E-state index in [0.717, 1.165) is 22.3 Å². The van der Waals surface area contributed by atoms with Crippen LogP contribution in [0.25, 0.3) is 33.5 Å². The molecule has 0 spiro atoms. The maximum absolute atomic E-state index is 12.7. The van der Waals surface area contributed by atoms with Crippen molar-refractivity contribution in [1.29, 1.82) is 0 Å². The Morgan fingerprint density at radius 3 is 2.28 bits per heavy atom. The molecule has 2 aromatic heterocycles. The van der Waals surface area contributed by atoms with Gasteiger partial charge in [-0.15, -0.1) is 0 Å². The molecule has 0 radical (unpaired) electrons. The van der Waals surface area contributed by atoms with Gasteiger partial charge < -0.3 is 14.4 Å². The van der Waals surface area contributed by atoms with E-state index in [1.165, 1.54) is 0 Å². The highest BCUT2D eigenvalue weighted by molar-refractivity contribution is 6.02. The SMILES string of the molecule is Cc1noc(-c2ccc(-c3ccc(C4(C(=O)O)CC4)cc3)c3nonc23)c1NC(=O)OC(C)c1ccccc1. The largest absolute Gasteiger partial charge is 0.481 e. The third-order valence-corrected chi connectivity index (χ3v) is 7.21. The summed E-state index contributed by atoms with van der Waals surface area (Å²) >= 11 is 0. The first-order valence-corrected chi connectivity index (χ1v) is 12.5. The Balaban J connectivity index is 1.29. The number of nitrogens with one attached hydrogen (secondary N) is 1. The Bertz CT molecular complexity index is 1690. The highest BCUT2D eigenvalue weighted by Gasteiger charge is 2.51. The van der Waals surface area contributed by atoms with E-state index in [2.05, 4.69) is 20.8 Å². The van der Waals surface area contributed by atoms with Gasteiger partial charge in [-0.2, -0.15) is 0 Å². The number of aromatic nitrogens is 3. The number of aryl methyl sites for hydroxylation is 1. The van der Waals surface area contributed by atoms with Gasteiger partial charge in [0.25, 0.3) is 0 Å². The normalized spacial score (nSPS) is 14.6. The molecule has 10 nitrogen and oxygen atoms in total. The number of ether oxygens (including phenoxy) is 1. The molecule has 1 saturated carbocycles. The number of amides is 1. The molecule has 196 valence electrons. The molecule has 0 aliphatic heterocycles. The van der Waals surface area contributed by atoms with Crippen molar-refractivity contribution in [3.8, 4) is 22.5 Å². The van der Waals surface area contributed by atoms with Crippen molar-refractivity contribution in [2.24, 2.45) is 0 Å². The topological polar surface area (TPSA) is 141 Å². The van der Waals surface area contributed by atoms with E-state index in [4.69, 9.17) is 13.9 Å². The predicted octanol–water partition coefficient (Wildman–Crippen LogP) is 6.28. The Labute approximate surface area is 222 Å². The van der Waals surface area contributed by atoms with Crippen molar-refractivity contribution in [1.82, 2.24) is 15.5 Å². The second-order valence-corrected chi connectivity index (χ2v) is 9.64. The van der Waals surface area contributed by atoms with E-state index < -0.39 is 23.6 Å². The summed E-state index contributed by atoms with van der Waals surface area (Å²) in [5.41, 5.74) is 4.71. The minimum atomic E-state index is -0.798. The fourth-order valence-corrected chi connectivity index (χ4v) is 4.79. The molecule has 2 N–H and O–H groups in total. The zero-order valence-electron chi connectivity index (χ0n) is 21.2. The molecule has 2 heterocycles. The first-order valence-electron chi connectivity index (χ1n) is 12.5. The second kappa shape index (κ2) is 9.39. The van der Waals surface area contributed by atoms with Crippen LogP contribution in [0.1, 0.15) is 42.7 Å². The summed E-state index contributed by atoms with van der Waals surface area (Å²) < 4.78 is 16.2. The van der Waals surface area contributed by atoms with E-state index in [1.54, 1.807) is 19.9 Å². The van der Waals surface area contributed by atoms with Gasteiger partial charge >= 0.3 is 12.1 Å². The van der Waals surface area contributed by atoms with E-state index in [9.17, 15) is 14.7 Å². The molecule has 1 fully saturated rings. The number of anilines is 1. The van der Waals surface area contributed by atoms with Crippen molar-refractivity contribution in [3.05, 3.63) is 83.6 Å². The van der Waals surface area contributed by atoms with Crippen LogP contribution in [-0.2, 0) is 14.9 Å².